The molecule has 3 heteroatoms. The molecule has 0 amide bonds. The standard InChI is InChI=1S/C16H11NO2/c1-3-7-13-11(5-1)15(16-17-9-10-18-16)12-6-2-4-8-14(12)19-13/h1-10,15H. The molecule has 92 valence electrons. The highest BCUT2D eigenvalue weighted by Crippen LogP contribution is 2.46. The smallest absolute Gasteiger partial charge is 0.206 e. The summed E-state index contributed by atoms with van der Waals surface area (Å²) in [6.07, 6.45) is 3.28. The van der Waals surface area contributed by atoms with E-state index in [0.717, 1.165) is 22.6 Å². The van der Waals surface area contributed by atoms with E-state index >= 15 is 0 Å². The molecule has 1 aliphatic rings. The van der Waals surface area contributed by atoms with Gasteiger partial charge in [0, 0.05) is 11.1 Å². The summed E-state index contributed by atoms with van der Waals surface area (Å²) in [5.74, 6) is 2.42. The Balaban J connectivity index is 1.98. The molecule has 0 unspecified atom stereocenters. The Morgan fingerprint density at radius 1 is 0.842 bits per heavy atom. The van der Waals surface area contributed by atoms with Crippen LogP contribution in [-0.2, 0) is 0 Å². The van der Waals surface area contributed by atoms with E-state index in [1.807, 2.05) is 36.4 Å². The number of aromatic nitrogens is 1. The molecule has 1 aromatic heterocycles. The van der Waals surface area contributed by atoms with Crippen molar-refractivity contribution in [2.24, 2.45) is 0 Å². The van der Waals surface area contributed by atoms with Crippen LogP contribution in [0.4, 0.5) is 0 Å². The second kappa shape index (κ2) is 3.99. The van der Waals surface area contributed by atoms with Crippen LogP contribution in [0.25, 0.3) is 0 Å². The first-order chi connectivity index (χ1) is 9.43. The number of oxazole rings is 1. The van der Waals surface area contributed by atoms with Crippen LogP contribution in [0, 0.1) is 0 Å². The molecule has 1 aliphatic heterocycles. The van der Waals surface area contributed by atoms with Crippen molar-refractivity contribution in [1.29, 1.82) is 0 Å². The summed E-state index contributed by atoms with van der Waals surface area (Å²) in [6.45, 7) is 0. The molecule has 0 bridgehead atoms. The average Bonchev–Trinajstić information content (AvgIpc) is 2.98. The van der Waals surface area contributed by atoms with E-state index in [0.29, 0.717) is 5.89 Å². The minimum absolute atomic E-state index is 0.00356. The molecule has 3 nitrogen and oxygen atoms in total. The number of hydrogen-bond donors (Lipinski definition) is 0. The Labute approximate surface area is 110 Å². The number of nitrogens with zero attached hydrogens (tertiary/aromatic N) is 1. The molecule has 0 aliphatic carbocycles. The quantitative estimate of drug-likeness (QED) is 0.512. The van der Waals surface area contributed by atoms with Gasteiger partial charge in [-0.3, -0.25) is 0 Å². The van der Waals surface area contributed by atoms with Gasteiger partial charge in [0.05, 0.1) is 12.1 Å². The van der Waals surface area contributed by atoms with E-state index in [4.69, 9.17) is 9.15 Å². The van der Waals surface area contributed by atoms with Crippen molar-refractivity contribution in [3.05, 3.63) is 78.0 Å². The van der Waals surface area contributed by atoms with Gasteiger partial charge < -0.3 is 9.15 Å². The third-order valence-corrected chi connectivity index (χ3v) is 3.38. The highest BCUT2D eigenvalue weighted by atomic mass is 16.5. The Morgan fingerprint density at radius 2 is 1.47 bits per heavy atom. The number of hydrogen-bond acceptors (Lipinski definition) is 3. The van der Waals surface area contributed by atoms with Gasteiger partial charge in [-0.25, -0.2) is 4.98 Å². The fraction of sp³-hybridized carbons (Fsp3) is 0.0625. The highest BCUT2D eigenvalue weighted by molar-refractivity contribution is 5.55. The van der Waals surface area contributed by atoms with Crippen LogP contribution < -0.4 is 4.74 Å². The van der Waals surface area contributed by atoms with E-state index in [1.165, 1.54) is 0 Å². The Hall–Kier alpha value is -2.55. The van der Waals surface area contributed by atoms with Crippen molar-refractivity contribution >= 4 is 0 Å². The van der Waals surface area contributed by atoms with E-state index in [-0.39, 0.29) is 5.92 Å². The van der Waals surface area contributed by atoms with Gasteiger partial charge >= 0.3 is 0 Å². The molecule has 4 rings (SSSR count). The SMILES string of the molecule is c1ccc2c(c1)Oc1ccccc1C2c1ncco1. The number of para-hydroxylation sites is 2. The summed E-state index contributed by atoms with van der Waals surface area (Å²) in [4.78, 5) is 4.32. The van der Waals surface area contributed by atoms with Crippen LogP contribution >= 0.6 is 0 Å². The molecule has 2 aromatic carbocycles. The van der Waals surface area contributed by atoms with Crippen LogP contribution in [0.2, 0.25) is 0 Å². The summed E-state index contributed by atoms with van der Waals surface area (Å²) in [5.41, 5.74) is 2.17. The van der Waals surface area contributed by atoms with Crippen molar-refractivity contribution in [1.82, 2.24) is 4.98 Å². The molecule has 2 heterocycles. The average molecular weight is 249 g/mol. The maximum absolute atomic E-state index is 5.94. The lowest BCUT2D eigenvalue weighted by atomic mass is 9.88. The van der Waals surface area contributed by atoms with E-state index < -0.39 is 0 Å². The first kappa shape index (κ1) is 10.4. The Morgan fingerprint density at radius 3 is 2.05 bits per heavy atom. The van der Waals surface area contributed by atoms with Gasteiger partial charge in [0.2, 0.25) is 5.89 Å². The van der Waals surface area contributed by atoms with Gasteiger partial charge in [-0.2, -0.15) is 0 Å². The first-order valence-corrected chi connectivity index (χ1v) is 6.18. The zero-order valence-corrected chi connectivity index (χ0v) is 10.1. The minimum Gasteiger partial charge on any atom is -0.457 e. The predicted molar refractivity (Wildman–Crippen MR) is 70.4 cm³/mol. The van der Waals surface area contributed by atoms with Crippen LogP contribution in [0.1, 0.15) is 22.9 Å². The molecule has 0 spiro atoms. The van der Waals surface area contributed by atoms with E-state index in [9.17, 15) is 0 Å². The zero-order valence-electron chi connectivity index (χ0n) is 10.1. The fourth-order valence-electron chi connectivity index (χ4n) is 2.55. The van der Waals surface area contributed by atoms with Gasteiger partial charge in [0.25, 0.3) is 0 Å². The molecule has 0 saturated carbocycles. The molecular formula is C16H11NO2. The highest BCUT2D eigenvalue weighted by Gasteiger charge is 2.30. The van der Waals surface area contributed by atoms with Gasteiger partial charge in [0.1, 0.15) is 17.8 Å². The largest absolute Gasteiger partial charge is 0.457 e. The van der Waals surface area contributed by atoms with Crippen molar-refractivity contribution in [3.63, 3.8) is 0 Å². The first-order valence-electron chi connectivity index (χ1n) is 6.18. The van der Waals surface area contributed by atoms with Crippen LogP contribution in [-0.4, -0.2) is 4.98 Å². The molecular weight excluding hydrogens is 238 g/mol. The van der Waals surface area contributed by atoms with Gasteiger partial charge in [-0.15, -0.1) is 0 Å². The Kier molecular flexibility index (Phi) is 2.18. The number of benzene rings is 2. The minimum atomic E-state index is -0.00356. The molecule has 0 fully saturated rings. The predicted octanol–water partition coefficient (Wildman–Crippen LogP) is 3.96. The number of ether oxygens (including phenoxy) is 1. The second-order valence-electron chi connectivity index (χ2n) is 4.48. The fourth-order valence-corrected chi connectivity index (χ4v) is 2.55. The third kappa shape index (κ3) is 1.55. The van der Waals surface area contributed by atoms with Crippen molar-refractivity contribution in [2.45, 2.75) is 5.92 Å². The van der Waals surface area contributed by atoms with Gasteiger partial charge in [-0.1, -0.05) is 36.4 Å². The lowest BCUT2D eigenvalue weighted by Crippen LogP contribution is -2.11. The maximum Gasteiger partial charge on any atom is 0.206 e. The summed E-state index contributed by atoms with van der Waals surface area (Å²) < 4.78 is 11.5. The topological polar surface area (TPSA) is 35.3 Å². The summed E-state index contributed by atoms with van der Waals surface area (Å²) >= 11 is 0. The van der Waals surface area contributed by atoms with Crippen molar-refractivity contribution < 1.29 is 9.15 Å². The molecule has 0 saturated heterocycles. The van der Waals surface area contributed by atoms with E-state index in [2.05, 4.69) is 17.1 Å². The zero-order chi connectivity index (χ0) is 12.7. The number of fused-ring (bicyclic) bond motifs is 2. The molecule has 3 aromatic rings. The van der Waals surface area contributed by atoms with Crippen molar-refractivity contribution in [2.75, 3.05) is 0 Å². The summed E-state index contributed by atoms with van der Waals surface area (Å²) in [5, 5.41) is 0. The Bertz CT molecular complexity index is 674. The van der Waals surface area contributed by atoms with Crippen LogP contribution in [0.15, 0.2) is 65.4 Å². The second-order valence-corrected chi connectivity index (χ2v) is 4.48. The van der Waals surface area contributed by atoms with Crippen LogP contribution in [0.3, 0.4) is 0 Å². The summed E-state index contributed by atoms with van der Waals surface area (Å²) in [6, 6.07) is 16.0. The van der Waals surface area contributed by atoms with Gasteiger partial charge in [-0.05, 0) is 12.1 Å². The van der Waals surface area contributed by atoms with Crippen LogP contribution in [0.5, 0.6) is 11.5 Å². The normalized spacial score (nSPS) is 13.5. The molecule has 0 radical (unpaired) electrons. The third-order valence-electron chi connectivity index (χ3n) is 3.38. The lowest BCUT2D eigenvalue weighted by molar-refractivity contribution is 0.427. The maximum atomic E-state index is 5.94. The summed E-state index contributed by atoms with van der Waals surface area (Å²) in [7, 11) is 0. The number of rotatable bonds is 1. The lowest BCUT2D eigenvalue weighted by Gasteiger charge is -2.26. The van der Waals surface area contributed by atoms with Gasteiger partial charge in [0.15, 0.2) is 0 Å². The molecule has 19 heavy (non-hydrogen) atoms. The van der Waals surface area contributed by atoms with Crippen molar-refractivity contribution in [3.8, 4) is 11.5 Å². The monoisotopic (exact) mass is 249 g/mol. The molecule has 0 atom stereocenters. The van der Waals surface area contributed by atoms with E-state index in [1.54, 1.807) is 12.5 Å². The molecule has 0 N–H and O–H groups in total.